The topological polar surface area (TPSA) is 47.8 Å². The number of aromatic nitrogens is 3. The normalized spacial score (nSPS) is 10.1. The third kappa shape index (κ3) is 1.42. The van der Waals surface area contributed by atoms with Crippen molar-refractivity contribution < 1.29 is 4.79 Å². The third-order valence-corrected chi connectivity index (χ3v) is 1.98. The van der Waals surface area contributed by atoms with Crippen LogP contribution in [0.2, 0.25) is 0 Å². The highest BCUT2D eigenvalue weighted by Gasteiger charge is 2.11. The first-order valence-electron chi connectivity index (χ1n) is 4.22. The number of ketones is 1. The Labute approximate surface area is 81.2 Å². The fraction of sp³-hybridized carbons (Fsp3) is 0.100. The number of aryl methyl sites for hydroxylation is 1. The molecule has 0 N–H and O–H groups in total. The number of nitrogens with zero attached hydrogens (tertiary/aromatic N) is 3. The van der Waals surface area contributed by atoms with Gasteiger partial charge in [0.15, 0.2) is 0 Å². The summed E-state index contributed by atoms with van der Waals surface area (Å²) in [7, 11) is 1.74. The van der Waals surface area contributed by atoms with Gasteiger partial charge in [0.05, 0.1) is 0 Å². The highest BCUT2D eigenvalue weighted by Crippen LogP contribution is 2.06. The average Bonchev–Trinajstić information content (AvgIpc) is 2.65. The molecule has 70 valence electrons. The second kappa shape index (κ2) is 3.41. The first-order valence-corrected chi connectivity index (χ1v) is 4.22. The van der Waals surface area contributed by atoms with Crippen molar-refractivity contribution in [3.05, 3.63) is 48.0 Å². The molecular formula is C10H9N3O. The molecule has 0 unspecified atom stereocenters. The van der Waals surface area contributed by atoms with E-state index in [4.69, 9.17) is 0 Å². The summed E-state index contributed by atoms with van der Waals surface area (Å²) in [5.41, 5.74) is 1.15. The van der Waals surface area contributed by atoms with Crippen LogP contribution in [0.15, 0.2) is 36.8 Å². The summed E-state index contributed by atoms with van der Waals surface area (Å²) in [6, 6.07) is 5.17. The van der Waals surface area contributed by atoms with Crippen LogP contribution in [-0.4, -0.2) is 20.5 Å². The molecule has 0 aliphatic carbocycles. The fourth-order valence-corrected chi connectivity index (χ4v) is 1.24. The largest absolute Gasteiger partial charge is 0.287 e. The molecular weight excluding hydrogens is 178 g/mol. The molecule has 4 nitrogen and oxygen atoms in total. The second-order valence-electron chi connectivity index (χ2n) is 2.91. The average molecular weight is 187 g/mol. The van der Waals surface area contributed by atoms with E-state index in [2.05, 4.69) is 10.1 Å². The summed E-state index contributed by atoms with van der Waals surface area (Å²) < 4.78 is 1.55. The molecule has 0 aliphatic rings. The standard InChI is InChI=1S/C10H9N3O/c1-13-9(4-6-12-13)10(14)8-3-2-5-11-7-8/h2-7H,1H3. The van der Waals surface area contributed by atoms with E-state index in [-0.39, 0.29) is 5.78 Å². The maximum Gasteiger partial charge on any atom is 0.212 e. The molecule has 0 spiro atoms. The molecule has 2 rings (SSSR count). The minimum atomic E-state index is -0.0573. The van der Waals surface area contributed by atoms with Crippen LogP contribution in [0.1, 0.15) is 16.1 Å². The molecule has 0 saturated carbocycles. The van der Waals surface area contributed by atoms with Gasteiger partial charge < -0.3 is 0 Å². The lowest BCUT2D eigenvalue weighted by molar-refractivity contribution is 0.103. The monoisotopic (exact) mass is 187 g/mol. The van der Waals surface area contributed by atoms with E-state index < -0.39 is 0 Å². The van der Waals surface area contributed by atoms with Gasteiger partial charge in [-0.15, -0.1) is 0 Å². The van der Waals surface area contributed by atoms with Crippen molar-refractivity contribution in [2.45, 2.75) is 0 Å². The van der Waals surface area contributed by atoms with Crippen molar-refractivity contribution in [1.29, 1.82) is 0 Å². The molecule has 0 atom stereocenters. The zero-order chi connectivity index (χ0) is 9.97. The van der Waals surface area contributed by atoms with Crippen LogP contribution < -0.4 is 0 Å². The van der Waals surface area contributed by atoms with Gasteiger partial charge in [0.1, 0.15) is 5.69 Å². The summed E-state index contributed by atoms with van der Waals surface area (Å²) in [4.78, 5) is 15.7. The van der Waals surface area contributed by atoms with Gasteiger partial charge in [-0.25, -0.2) is 0 Å². The Bertz CT molecular complexity index is 447. The van der Waals surface area contributed by atoms with Crippen molar-refractivity contribution >= 4 is 5.78 Å². The fourth-order valence-electron chi connectivity index (χ4n) is 1.24. The molecule has 2 heterocycles. The van der Waals surface area contributed by atoms with Crippen molar-refractivity contribution in [2.24, 2.45) is 7.05 Å². The van der Waals surface area contributed by atoms with Crippen molar-refractivity contribution in [3.8, 4) is 0 Å². The SMILES string of the molecule is Cn1nccc1C(=O)c1cccnc1. The lowest BCUT2D eigenvalue weighted by atomic mass is 10.1. The van der Waals surface area contributed by atoms with Gasteiger partial charge in [-0.2, -0.15) is 5.10 Å². The van der Waals surface area contributed by atoms with Crippen molar-refractivity contribution in [2.75, 3.05) is 0 Å². The zero-order valence-corrected chi connectivity index (χ0v) is 7.71. The number of pyridine rings is 1. The van der Waals surface area contributed by atoms with Gasteiger partial charge in [0.25, 0.3) is 0 Å². The number of carbonyl (C=O) groups is 1. The highest BCUT2D eigenvalue weighted by atomic mass is 16.1. The molecule has 0 aliphatic heterocycles. The van der Waals surface area contributed by atoms with E-state index in [0.717, 1.165) is 0 Å². The lowest BCUT2D eigenvalue weighted by Crippen LogP contribution is -2.08. The molecule has 0 aromatic carbocycles. The van der Waals surface area contributed by atoms with Crippen molar-refractivity contribution in [1.82, 2.24) is 14.8 Å². The van der Waals surface area contributed by atoms with E-state index in [1.807, 2.05) is 0 Å². The van der Waals surface area contributed by atoms with Crippen LogP contribution in [0.5, 0.6) is 0 Å². The summed E-state index contributed by atoms with van der Waals surface area (Å²) in [6.45, 7) is 0. The molecule has 4 heteroatoms. The molecule has 2 aromatic rings. The second-order valence-corrected chi connectivity index (χ2v) is 2.91. The lowest BCUT2D eigenvalue weighted by Gasteiger charge is -1.99. The molecule has 0 radical (unpaired) electrons. The van der Waals surface area contributed by atoms with Crippen LogP contribution in [0, 0.1) is 0 Å². The minimum Gasteiger partial charge on any atom is -0.287 e. The first kappa shape index (κ1) is 8.62. The zero-order valence-electron chi connectivity index (χ0n) is 7.71. The van der Waals surface area contributed by atoms with Gasteiger partial charge >= 0.3 is 0 Å². The van der Waals surface area contributed by atoms with E-state index >= 15 is 0 Å². The molecule has 0 bridgehead atoms. The molecule has 0 fully saturated rings. The summed E-state index contributed by atoms with van der Waals surface area (Å²) in [5, 5.41) is 3.94. The van der Waals surface area contributed by atoms with E-state index in [9.17, 15) is 4.79 Å². The smallest absolute Gasteiger partial charge is 0.212 e. The quantitative estimate of drug-likeness (QED) is 0.660. The molecule has 2 aromatic heterocycles. The molecule has 0 saturated heterocycles. The van der Waals surface area contributed by atoms with E-state index in [0.29, 0.717) is 11.3 Å². The predicted molar refractivity (Wildman–Crippen MR) is 50.9 cm³/mol. The Balaban J connectivity index is 2.39. The predicted octanol–water partition coefficient (Wildman–Crippen LogP) is 1.05. The summed E-state index contributed by atoms with van der Waals surface area (Å²) >= 11 is 0. The van der Waals surface area contributed by atoms with Crippen molar-refractivity contribution in [3.63, 3.8) is 0 Å². The van der Waals surface area contributed by atoms with Gasteiger partial charge in [-0.3, -0.25) is 14.5 Å². The molecule has 14 heavy (non-hydrogen) atoms. The number of hydrogen-bond acceptors (Lipinski definition) is 3. The van der Waals surface area contributed by atoms with E-state index in [1.165, 1.54) is 0 Å². The highest BCUT2D eigenvalue weighted by molar-refractivity contribution is 6.07. The van der Waals surface area contributed by atoms with Crippen LogP contribution >= 0.6 is 0 Å². The maximum atomic E-state index is 11.8. The van der Waals surface area contributed by atoms with Gasteiger partial charge in [0.2, 0.25) is 5.78 Å². The Morgan fingerprint density at radius 2 is 2.21 bits per heavy atom. The van der Waals surface area contributed by atoms with Gasteiger partial charge in [-0.05, 0) is 18.2 Å². The molecule has 0 amide bonds. The Kier molecular flexibility index (Phi) is 2.10. The Morgan fingerprint density at radius 1 is 1.36 bits per heavy atom. The maximum absolute atomic E-state index is 11.8. The summed E-state index contributed by atoms with van der Waals surface area (Å²) in [5.74, 6) is -0.0573. The minimum absolute atomic E-state index is 0.0573. The number of carbonyl (C=O) groups excluding carboxylic acids is 1. The summed E-state index contributed by atoms with van der Waals surface area (Å²) in [6.07, 6.45) is 4.79. The third-order valence-electron chi connectivity index (χ3n) is 1.98. The number of hydrogen-bond donors (Lipinski definition) is 0. The Morgan fingerprint density at radius 3 is 2.79 bits per heavy atom. The Hall–Kier alpha value is -1.97. The van der Waals surface area contributed by atoms with Gasteiger partial charge in [-0.1, -0.05) is 0 Å². The van der Waals surface area contributed by atoms with Crippen LogP contribution in [0.3, 0.4) is 0 Å². The van der Waals surface area contributed by atoms with E-state index in [1.54, 1.807) is 48.5 Å². The van der Waals surface area contributed by atoms with Crippen LogP contribution in [0.25, 0.3) is 0 Å². The van der Waals surface area contributed by atoms with Crippen LogP contribution in [0.4, 0.5) is 0 Å². The van der Waals surface area contributed by atoms with Gasteiger partial charge in [0, 0.05) is 31.2 Å². The van der Waals surface area contributed by atoms with Crippen LogP contribution in [-0.2, 0) is 7.05 Å². The number of rotatable bonds is 2. The first-order chi connectivity index (χ1) is 6.79.